The molecule has 1 atom stereocenters. The van der Waals surface area contributed by atoms with Gasteiger partial charge in [-0.2, -0.15) is 0 Å². The Labute approximate surface area is 174 Å². The molecule has 1 rings (SSSR count). The summed E-state index contributed by atoms with van der Waals surface area (Å²) in [6, 6.07) is 4.65. The molecule has 1 unspecified atom stereocenters. The number of aliphatic carboxylic acids is 2. The predicted octanol–water partition coefficient (Wildman–Crippen LogP) is 1.58. The summed E-state index contributed by atoms with van der Waals surface area (Å²) in [5, 5.41) is 27.8. The number of rotatable bonds is 12. The molecule has 0 bridgehead atoms. The lowest BCUT2D eigenvalue weighted by Gasteiger charge is -2.15. The molecule has 30 heavy (non-hydrogen) atoms. The number of urea groups is 2. The van der Waals surface area contributed by atoms with Gasteiger partial charge in [-0.15, -0.1) is 6.42 Å². The fourth-order valence-electron chi connectivity index (χ4n) is 2.41. The number of amides is 4. The van der Waals surface area contributed by atoms with Crippen molar-refractivity contribution in [2.75, 3.05) is 18.4 Å². The zero-order chi connectivity index (χ0) is 22.4. The number of carboxylic acids is 2. The first kappa shape index (κ1) is 24.3. The Bertz CT molecular complexity index is 772. The van der Waals surface area contributed by atoms with Crippen LogP contribution in [0.15, 0.2) is 24.3 Å². The first-order chi connectivity index (χ1) is 14.3. The van der Waals surface area contributed by atoms with E-state index in [2.05, 4.69) is 27.2 Å². The number of carbonyl (C=O) groups excluding carboxylic acids is 2. The van der Waals surface area contributed by atoms with Crippen molar-refractivity contribution in [1.82, 2.24) is 16.0 Å². The minimum Gasteiger partial charge on any atom is -0.481 e. The van der Waals surface area contributed by atoms with E-state index in [9.17, 15) is 24.3 Å². The Balaban J connectivity index is 2.23. The van der Waals surface area contributed by atoms with Gasteiger partial charge in [0.2, 0.25) is 0 Å². The summed E-state index contributed by atoms with van der Waals surface area (Å²) in [4.78, 5) is 45.2. The zero-order valence-corrected chi connectivity index (χ0v) is 16.4. The van der Waals surface area contributed by atoms with Crippen molar-refractivity contribution in [2.24, 2.45) is 0 Å². The van der Waals surface area contributed by atoms with E-state index < -0.39 is 30.0 Å². The van der Waals surface area contributed by atoms with Crippen LogP contribution >= 0.6 is 0 Å². The first-order valence-corrected chi connectivity index (χ1v) is 9.42. The molecule has 1 aromatic carbocycles. The third-order valence-corrected chi connectivity index (χ3v) is 3.97. The normalized spacial score (nSPS) is 10.9. The van der Waals surface area contributed by atoms with Crippen molar-refractivity contribution in [2.45, 2.75) is 38.1 Å². The van der Waals surface area contributed by atoms with E-state index in [0.717, 1.165) is 0 Å². The molecule has 0 heterocycles. The van der Waals surface area contributed by atoms with E-state index in [1.807, 2.05) is 0 Å². The predicted molar refractivity (Wildman–Crippen MR) is 110 cm³/mol. The van der Waals surface area contributed by atoms with Crippen molar-refractivity contribution < 1.29 is 29.4 Å². The SMILES string of the molecule is C#Cc1ccc(NC(=O)NCCCCC(NC(=O)NCCCC(=O)O)C(=O)O)cc1. The third-order valence-electron chi connectivity index (χ3n) is 3.97. The summed E-state index contributed by atoms with van der Waals surface area (Å²) in [6.45, 7) is 0.469. The largest absolute Gasteiger partial charge is 0.481 e. The van der Waals surface area contributed by atoms with Gasteiger partial charge in [-0.1, -0.05) is 5.92 Å². The Kier molecular flexibility index (Phi) is 10.9. The summed E-state index contributed by atoms with van der Waals surface area (Å²) in [5.41, 5.74) is 1.30. The average molecular weight is 418 g/mol. The molecular formula is C20H26N4O6. The van der Waals surface area contributed by atoms with Crippen LogP contribution in [-0.4, -0.2) is 53.3 Å². The van der Waals surface area contributed by atoms with Crippen LogP contribution < -0.4 is 21.3 Å². The molecule has 4 amide bonds. The van der Waals surface area contributed by atoms with Gasteiger partial charge in [-0.25, -0.2) is 14.4 Å². The highest BCUT2D eigenvalue weighted by Gasteiger charge is 2.19. The van der Waals surface area contributed by atoms with Crippen LogP contribution in [-0.2, 0) is 9.59 Å². The third kappa shape index (κ3) is 10.6. The van der Waals surface area contributed by atoms with Gasteiger partial charge >= 0.3 is 24.0 Å². The maximum atomic E-state index is 11.8. The average Bonchev–Trinajstić information content (AvgIpc) is 2.70. The van der Waals surface area contributed by atoms with Crippen molar-refractivity contribution in [1.29, 1.82) is 0 Å². The topological polar surface area (TPSA) is 157 Å². The highest BCUT2D eigenvalue weighted by Crippen LogP contribution is 2.08. The number of anilines is 1. The van der Waals surface area contributed by atoms with Gasteiger partial charge in [0, 0.05) is 30.8 Å². The highest BCUT2D eigenvalue weighted by atomic mass is 16.4. The second-order valence-corrected chi connectivity index (χ2v) is 6.39. The van der Waals surface area contributed by atoms with Crippen LogP contribution in [0.25, 0.3) is 0 Å². The fraction of sp³-hybridized carbons (Fsp3) is 0.400. The molecule has 1 aromatic rings. The highest BCUT2D eigenvalue weighted by molar-refractivity contribution is 5.89. The molecule has 0 radical (unpaired) electrons. The van der Waals surface area contributed by atoms with Gasteiger partial charge < -0.3 is 31.5 Å². The molecular weight excluding hydrogens is 392 g/mol. The van der Waals surface area contributed by atoms with E-state index in [1.54, 1.807) is 24.3 Å². The van der Waals surface area contributed by atoms with Crippen molar-refractivity contribution in [3.05, 3.63) is 29.8 Å². The summed E-state index contributed by atoms with van der Waals surface area (Å²) in [6.07, 6.45) is 6.61. The van der Waals surface area contributed by atoms with Gasteiger partial charge in [0.05, 0.1) is 0 Å². The Hall–Kier alpha value is -3.74. The lowest BCUT2D eigenvalue weighted by molar-refractivity contribution is -0.139. The van der Waals surface area contributed by atoms with Crippen LogP contribution in [0.4, 0.5) is 15.3 Å². The summed E-state index contributed by atoms with van der Waals surface area (Å²) >= 11 is 0. The van der Waals surface area contributed by atoms with E-state index in [-0.39, 0.29) is 25.8 Å². The number of carbonyl (C=O) groups is 4. The fourth-order valence-corrected chi connectivity index (χ4v) is 2.41. The summed E-state index contributed by atoms with van der Waals surface area (Å²) in [7, 11) is 0. The second kappa shape index (κ2) is 13.4. The maximum absolute atomic E-state index is 11.8. The number of nitrogens with one attached hydrogen (secondary N) is 4. The van der Waals surface area contributed by atoms with Crippen LogP contribution in [0.3, 0.4) is 0 Å². The van der Waals surface area contributed by atoms with Crippen LogP contribution in [0.5, 0.6) is 0 Å². The molecule has 0 aliphatic heterocycles. The molecule has 0 spiro atoms. The smallest absolute Gasteiger partial charge is 0.326 e. The van der Waals surface area contributed by atoms with E-state index in [0.29, 0.717) is 30.6 Å². The van der Waals surface area contributed by atoms with E-state index >= 15 is 0 Å². The van der Waals surface area contributed by atoms with Gasteiger partial charge in [0.1, 0.15) is 6.04 Å². The van der Waals surface area contributed by atoms with Crippen molar-refractivity contribution >= 4 is 29.7 Å². The number of terminal acetylenes is 1. The molecule has 0 fully saturated rings. The number of hydrogen-bond donors (Lipinski definition) is 6. The minimum absolute atomic E-state index is 0.0839. The lowest BCUT2D eigenvalue weighted by Crippen LogP contribution is -2.46. The van der Waals surface area contributed by atoms with E-state index in [1.165, 1.54) is 0 Å². The van der Waals surface area contributed by atoms with Gasteiger partial charge in [0.15, 0.2) is 0 Å². The summed E-state index contributed by atoms with van der Waals surface area (Å²) in [5.74, 6) is 0.342. The molecule has 10 nitrogen and oxygen atoms in total. The quantitative estimate of drug-likeness (QED) is 0.223. The van der Waals surface area contributed by atoms with E-state index in [4.69, 9.17) is 11.5 Å². The molecule has 0 aliphatic carbocycles. The van der Waals surface area contributed by atoms with Crippen molar-refractivity contribution in [3.8, 4) is 12.3 Å². The Morgan fingerprint density at radius 1 is 0.933 bits per heavy atom. The van der Waals surface area contributed by atoms with Crippen LogP contribution in [0.2, 0.25) is 0 Å². The molecule has 0 aliphatic rings. The number of benzene rings is 1. The monoisotopic (exact) mass is 418 g/mol. The summed E-state index contributed by atoms with van der Waals surface area (Å²) < 4.78 is 0. The maximum Gasteiger partial charge on any atom is 0.326 e. The number of hydrogen-bond acceptors (Lipinski definition) is 4. The zero-order valence-electron chi connectivity index (χ0n) is 16.4. The second-order valence-electron chi connectivity index (χ2n) is 6.39. The van der Waals surface area contributed by atoms with Gasteiger partial charge in [-0.3, -0.25) is 4.79 Å². The Morgan fingerprint density at radius 3 is 2.17 bits per heavy atom. The molecule has 6 N–H and O–H groups in total. The first-order valence-electron chi connectivity index (χ1n) is 9.42. The number of carboxylic acid groups (broad SMARTS) is 2. The molecule has 0 aromatic heterocycles. The standard InChI is InChI=1S/C20H26N4O6/c1-2-14-8-10-15(11-9-14)23-19(29)21-12-4-3-6-16(18(27)28)24-20(30)22-13-5-7-17(25)26/h1,8-11,16H,3-7,12-13H2,(H,25,26)(H,27,28)(H2,21,23,29)(H2,22,24,30). The van der Waals surface area contributed by atoms with Crippen LogP contribution in [0.1, 0.15) is 37.7 Å². The van der Waals surface area contributed by atoms with Gasteiger partial charge in [0.25, 0.3) is 0 Å². The minimum atomic E-state index is -1.17. The molecule has 0 saturated carbocycles. The van der Waals surface area contributed by atoms with Crippen molar-refractivity contribution in [3.63, 3.8) is 0 Å². The Morgan fingerprint density at radius 2 is 1.57 bits per heavy atom. The molecule has 0 saturated heterocycles. The lowest BCUT2D eigenvalue weighted by atomic mass is 10.1. The number of unbranched alkanes of at least 4 members (excludes halogenated alkanes) is 1. The molecule has 162 valence electrons. The molecule has 10 heteroatoms. The van der Waals surface area contributed by atoms with Gasteiger partial charge in [-0.05, 0) is 49.9 Å². The van der Waals surface area contributed by atoms with Crippen LogP contribution in [0, 0.1) is 12.3 Å².